The van der Waals surface area contributed by atoms with Gasteiger partial charge in [0, 0.05) is 18.5 Å². The number of rotatable bonds is 6. The van der Waals surface area contributed by atoms with Crippen molar-refractivity contribution >= 4 is 11.9 Å². The van der Waals surface area contributed by atoms with Gasteiger partial charge in [0.25, 0.3) is 0 Å². The third-order valence-corrected chi connectivity index (χ3v) is 6.03. The Labute approximate surface area is 203 Å². The molecule has 2 aromatic rings. The number of carbonyl (C=O) groups is 2. The van der Waals surface area contributed by atoms with E-state index in [0.717, 1.165) is 12.7 Å². The summed E-state index contributed by atoms with van der Waals surface area (Å²) in [4.78, 5) is 23.1. The van der Waals surface area contributed by atoms with Gasteiger partial charge in [-0.3, -0.25) is 10.2 Å². The number of esters is 1. The number of nitrogens with one attached hydrogen (secondary N) is 1. The Hall–Kier alpha value is -3.12. The molecule has 0 bridgehead atoms. The molecule has 1 aliphatic heterocycles. The number of carbonyl (C=O) groups excluding carboxylic acids is 2. The van der Waals surface area contributed by atoms with Gasteiger partial charge in [-0.1, -0.05) is 30.3 Å². The van der Waals surface area contributed by atoms with Gasteiger partial charge >= 0.3 is 24.2 Å². The van der Waals surface area contributed by atoms with Crippen LogP contribution < -0.4 is 5.43 Å². The van der Waals surface area contributed by atoms with Crippen LogP contribution in [0.2, 0.25) is 0 Å². The SMILES string of the molecule is COC(=O)C(=O)NN1CCC(COCc2cc(C(F)(F)F)cc(C(F)(F)F)c2)(c2ccccc2)CC1. The molecule has 0 aliphatic carbocycles. The smallest absolute Gasteiger partial charge is 0.416 e. The highest BCUT2D eigenvalue weighted by Gasteiger charge is 2.39. The van der Waals surface area contributed by atoms with E-state index in [2.05, 4.69) is 10.2 Å². The molecule has 2 aromatic carbocycles. The molecular weight excluding hydrogens is 494 g/mol. The lowest BCUT2D eigenvalue weighted by molar-refractivity contribution is -0.155. The summed E-state index contributed by atoms with van der Waals surface area (Å²) >= 11 is 0. The van der Waals surface area contributed by atoms with Crippen molar-refractivity contribution in [2.24, 2.45) is 0 Å². The van der Waals surface area contributed by atoms with Crippen molar-refractivity contribution in [1.29, 1.82) is 0 Å². The molecule has 1 saturated heterocycles. The molecule has 1 aliphatic rings. The number of piperidine rings is 1. The highest BCUT2D eigenvalue weighted by Crippen LogP contribution is 2.38. The second-order valence-electron chi connectivity index (χ2n) is 8.47. The van der Waals surface area contributed by atoms with Crippen molar-refractivity contribution in [2.75, 3.05) is 26.8 Å². The fourth-order valence-corrected chi connectivity index (χ4v) is 4.10. The maximum absolute atomic E-state index is 13.2. The Balaban J connectivity index is 1.75. The van der Waals surface area contributed by atoms with Gasteiger partial charge in [0.2, 0.25) is 0 Å². The molecule has 0 atom stereocenters. The van der Waals surface area contributed by atoms with Crippen molar-refractivity contribution < 1.29 is 45.4 Å². The van der Waals surface area contributed by atoms with Crippen molar-refractivity contribution in [3.63, 3.8) is 0 Å². The molecule has 0 spiro atoms. The van der Waals surface area contributed by atoms with Gasteiger partial charge in [0.1, 0.15) is 0 Å². The molecule has 196 valence electrons. The van der Waals surface area contributed by atoms with Crippen molar-refractivity contribution in [2.45, 2.75) is 37.2 Å². The summed E-state index contributed by atoms with van der Waals surface area (Å²) in [5.41, 5.74) is -0.329. The summed E-state index contributed by atoms with van der Waals surface area (Å²) < 4.78 is 89.0. The molecule has 1 amide bonds. The number of hydrogen-bond acceptors (Lipinski definition) is 5. The first-order chi connectivity index (χ1) is 16.8. The molecule has 1 fully saturated rings. The lowest BCUT2D eigenvalue weighted by atomic mass is 9.73. The van der Waals surface area contributed by atoms with Gasteiger partial charge in [-0.2, -0.15) is 26.3 Å². The fraction of sp³-hybridized carbons (Fsp3) is 0.417. The lowest BCUT2D eigenvalue weighted by Gasteiger charge is -2.42. The van der Waals surface area contributed by atoms with Crippen LogP contribution in [0.5, 0.6) is 0 Å². The molecular formula is C24H24F6N2O4. The van der Waals surface area contributed by atoms with Gasteiger partial charge in [-0.15, -0.1) is 0 Å². The van der Waals surface area contributed by atoms with Gasteiger partial charge in [-0.05, 0) is 42.2 Å². The van der Waals surface area contributed by atoms with Crippen LogP contribution in [0.1, 0.15) is 35.1 Å². The number of methoxy groups -OCH3 is 1. The second-order valence-corrected chi connectivity index (χ2v) is 8.47. The summed E-state index contributed by atoms with van der Waals surface area (Å²) in [5, 5.41) is 1.54. The molecule has 1 heterocycles. The zero-order valence-electron chi connectivity index (χ0n) is 19.2. The Morgan fingerprint density at radius 1 is 0.944 bits per heavy atom. The van der Waals surface area contributed by atoms with Crippen LogP contribution in [0.15, 0.2) is 48.5 Å². The minimum absolute atomic E-state index is 0.0212. The molecule has 0 radical (unpaired) electrons. The normalized spacial score (nSPS) is 16.4. The van der Waals surface area contributed by atoms with E-state index in [1.807, 2.05) is 30.3 Å². The number of amides is 1. The van der Waals surface area contributed by atoms with Gasteiger partial charge in [0.15, 0.2) is 0 Å². The topological polar surface area (TPSA) is 67.9 Å². The Kier molecular flexibility index (Phi) is 8.29. The van der Waals surface area contributed by atoms with Crippen molar-refractivity contribution in [3.8, 4) is 0 Å². The summed E-state index contributed by atoms with van der Waals surface area (Å²) in [6.45, 7) is 0.212. The van der Waals surface area contributed by atoms with E-state index in [1.165, 1.54) is 0 Å². The zero-order chi connectivity index (χ0) is 26.6. The van der Waals surface area contributed by atoms with Crippen LogP contribution in [0, 0.1) is 0 Å². The van der Waals surface area contributed by atoms with Gasteiger partial charge < -0.3 is 9.47 Å². The number of nitrogens with zero attached hydrogens (tertiary/aromatic N) is 1. The van der Waals surface area contributed by atoms with E-state index in [0.29, 0.717) is 38.1 Å². The molecule has 0 unspecified atom stereocenters. The van der Waals surface area contributed by atoms with E-state index in [1.54, 1.807) is 5.01 Å². The molecule has 36 heavy (non-hydrogen) atoms. The maximum Gasteiger partial charge on any atom is 0.416 e. The van der Waals surface area contributed by atoms with Gasteiger partial charge in [0.05, 0.1) is 31.5 Å². The number of halogens is 6. The number of ether oxygens (including phenoxy) is 2. The maximum atomic E-state index is 13.2. The van der Waals surface area contributed by atoms with Crippen LogP contribution >= 0.6 is 0 Å². The minimum Gasteiger partial charge on any atom is -0.462 e. The largest absolute Gasteiger partial charge is 0.462 e. The summed E-state index contributed by atoms with van der Waals surface area (Å²) in [5.74, 6) is -1.97. The third kappa shape index (κ3) is 6.76. The molecule has 0 saturated carbocycles. The fourth-order valence-electron chi connectivity index (χ4n) is 4.10. The second kappa shape index (κ2) is 10.9. The molecule has 0 aromatic heterocycles. The zero-order valence-corrected chi connectivity index (χ0v) is 19.2. The first-order valence-electron chi connectivity index (χ1n) is 10.9. The average molecular weight is 518 g/mol. The standard InChI is InChI=1S/C24H24F6N2O4/c1-35-21(34)20(33)31-32-9-7-22(8-10-32,17-5-3-2-4-6-17)15-36-14-16-11-18(23(25,26)27)13-19(12-16)24(28,29)30/h2-6,11-13H,7-10,14-15H2,1H3,(H,31,33). The Morgan fingerprint density at radius 2 is 1.50 bits per heavy atom. The minimum atomic E-state index is -4.94. The number of benzene rings is 2. The predicted octanol–water partition coefficient (Wildman–Crippen LogP) is 4.48. The molecule has 12 heteroatoms. The molecule has 1 N–H and O–H groups in total. The monoisotopic (exact) mass is 518 g/mol. The van der Waals surface area contributed by atoms with Crippen LogP contribution in [0.25, 0.3) is 0 Å². The number of alkyl halides is 6. The van der Waals surface area contributed by atoms with E-state index in [9.17, 15) is 35.9 Å². The van der Waals surface area contributed by atoms with E-state index >= 15 is 0 Å². The lowest BCUT2D eigenvalue weighted by Crippen LogP contribution is -2.53. The van der Waals surface area contributed by atoms with Gasteiger partial charge in [-0.25, -0.2) is 9.80 Å². The first kappa shape index (κ1) is 27.5. The van der Waals surface area contributed by atoms with Crippen LogP contribution in [0.3, 0.4) is 0 Å². The number of hydrogen-bond donors (Lipinski definition) is 1. The number of hydrazine groups is 1. The van der Waals surface area contributed by atoms with E-state index in [-0.39, 0.29) is 18.2 Å². The Bertz CT molecular complexity index is 1030. The van der Waals surface area contributed by atoms with E-state index in [4.69, 9.17) is 4.74 Å². The highest BCUT2D eigenvalue weighted by atomic mass is 19.4. The Morgan fingerprint density at radius 3 is 2.00 bits per heavy atom. The third-order valence-electron chi connectivity index (χ3n) is 6.03. The van der Waals surface area contributed by atoms with Crippen LogP contribution in [0.4, 0.5) is 26.3 Å². The van der Waals surface area contributed by atoms with Crippen LogP contribution in [-0.4, -0.2) is 43.7 Å². The van der Waals surface area contributed by atoms with Crippen molar-refractivity contribution in [3.05, 3.63) is 70.8 Å². The van der Waals surface area contributed by atoms with Crippen LogP contribution in [-0.2, 0) is 43.4 Å². The summed E-state index contributed by atoms with van der Waals surface area (Å²) in [6, 6.07) is 10.5. The average Bonchev–Trinajstić information content (AvgIpc) is 2.84. The highest BCUT2D eigenvalue weighted by molar-refractivity contribution is 6.32. The first-order valence-corrected chi connectivity index (χ1v) is 10.9. The molecule has 6 nitrogen and oxygen atoms in total. The summed E-state index contributed by atoms with van der Waals surface area (Å²) in [6.07, 6.45) is -9.00. The predicted molar refractivity (Wildman–Crippen MR) is 115 cm³/mol. The van der Waals surface area contributed by atoms with E-state index < -0.39 is 47.4 Å². The molecule has 3 rings (SSSR count). The quantitative estimate of drug-likeness (QED) is 0.347. The van der Waals surface area contributed by atoms with Crippen molar-refractivity contribution in [1.82, 2.24) is 10.4 Å². The summed E-state index contributed by atoms with van der Waals surface area (Å²) in [7, 11) is 1.08.